The molecule has 0 aliphatic rings. The van der Waals surface area contributed by atoms with Gasteiger partial charge in [-0.05, 0) is 44.2 Å². The van der Waals surface area contributed by atoms with Crippen molar-refractivity contribution in [1.29, 1.82) is 0 Å². The highest BCUT2D eigenvalue weighted by Gasteiger charge is 2.16. The lowest BCUT2D eigenvalue weighted by Gasteiger charge is -2.21. The third-order valence-corrected chi connectivity index (χ3v) is 4.53. The van der Waals surface area contributed by atoms with E-state index in [2.05, 4.69) is 38.2 Å². The molecule has 0 bridgehead atoms. The summed E-state index contributed by atoms with van der Waals surface area (Å²) < 4.78 is 5.60. The topological polar surface area (TPSA) is 21.3 Å². The fraction of sp³-hybridized carbons (Fsp3) is 0.600. The van der Waals surface area contributed by atoms with Crippen molar-refractivity contribution in [1.82, 2.24) is 5.32 Å². The van der Waals surface area contributed by atoms with Crippen LogP contribution in [0.3, 0.4) is 0 Å². The molecule has 0 saturated heterocycles. The van der Waals surface area contributed by atoms with Crippen LogP contribution in [0.15, 0.2) is 12.1 Å². The Balaban J connectivity index is 2.94. The fourth-order valence-corrected chi connectivity index (χ4v) is 3.07. The van der Waals surface area contributed by atoms with Crippen molar-refractivity contribution in [3.8, 4) is 5.75 Å². The van der Waals surface area contributed by atoms with E-state index in [-0.39, 0.29) is 0 Å². The van der Waals surface area contributed by atoms with Crippen LogP contribution in [-0.2, 0) is 0 Å². The van der Waals surface area contributed by atoms with Gasteiger partial charge in [-0.3, -0.25) is 0 Å². The Morgan fingerprint density at radius 2 is 2.06 bits per heavy atom. The summed E-state index contributed by atoms with van der Waals surface area (Å²) in [5.74, 6) is 3.33. The molecule has 1 rings (SSSR count). The molecule has 0 amide bonds. The Hall–Kier alpha value is -0.670. The monoisotopic (exact) mass is 267 g/mol. The molecule has 0 radical (unpaired) electrons. The molecule has 1 atom stereocenters. The lowest BCUT2D eigenvalue weighted by atomic mass is 10.00. The summed E-state index contributed by atoms with van der Waals surface area (Å²) in [5.41, 5.74) is 3.80. The van der Waals surface area contributed by atoms with E-state index in [1.807, 2.05) is 18.8 Å². The number of nitrogens with one attached hydrogen (secondary N) is 1. The van der Waals surface area contributed by atoms with Crippen molar-refractivity contribution in [2.45, 2.75) is 33.2 Å². The zero-order chi connectivity index (χ0) is 13.5. The van der Waals surface area contributed by atoms with Crippen LogP contribution in [-0.4, -0.2) is 25.7 Å². The molecule has 0 saturated carbocycles. The van der Waals surface area contributed by atoms with Crippen LogP contribution >= 0.6 is 11.8 Å². The molecule has 102 valence electrons. The van der Waals surface area contributed by atoms with Crippen LogP contribution in [0, 0.1) is 13.8 Å². The molecule has 2 nitrogen and oxygen atoms in total. The van der Waals surface area contributed by atoms with Gasteiger partial charge in [0.15, 0.2) is 0 Å². The second-order valence-corrected chi connectivity index (χ2v) is 5.70. The number of methoxy groups -OCH3 is 1. The third-order valence-electron chi connectivity index (χ3n) is 3.27. The number of hydrogen-bond donors (Lipinski definition) is 1. The highest BCUT2D eigenvalue weighted by atomic mass is 32.2. The molecule has 0 aliphatic heterocycles. The van der Waals surface area contributed by atoms with E-state index in [0.29, 0.717) is 6.04 Å². The standard InChI is InChI=1S/C15H25NOS/c1-6-9-18-10-14(16-4)13-8-7-11(2)12(3)15(13)17-5/h7-8,14,16H,6,9-10H2,1-5H3. The molecule has 0 spiro atoms. The molecule has 1 unspecified atom stereocenters. The van der Waals surface area contributed by atoms with Gasteiger partial charge in [0.1, 0.15) is 5.75 Å². The zero-order valence-electron chi connectivity index (χ0n) is 12.2. The van der Waals surface area contributed by atoms with E-state index in [1.165, 1.54) is 28.9 Å². The smallest absolute Gasteiger partial charge is 0.126 e. The summed E-state index contributed by atoms with van der Waals surface area (Å²) in [6.07, 6.45) is 1.23. The molecule has 0 aromatic heterocycles. The van der Waals surface area contributed by atoms with Gasteiger partial charge in [0, 0.05) is 17.4 Å². The molecule has 1 aromatic rings. The summed E-state index contributed by atoms with van der Waals surface area (Å²) in [6.45, 7) is 6.48. The number of benzene rings is 1. The summed E-state index contributed by atoms with van der Waals surface area (Å²) >= 11 is 1.99. The summed E-state index contributed by atoms with van der Waals surface area (Å²) in [5, 5.41) is 3.40. The predicted molar refractivity (Wildman–Crippen MR) is 81.9 cm³/mol. The van der Waals surface area contributed by atoms with Crippen LogP contribution in [0.1, 0.15) is 36.1 Å². The molecule has 0 heterocycles. The normalized spacial score (nSPS) is 12.5. The zero-order valence-corrected chi connectivity index (χ0v) is 13.0. The maximum Gasteiger partial charge on any atom is 0.126 e. The van der Waals surface area contributed by atoms with Crippen LogP contribution in [0.25, 0.3) is 0 Å². The Labute approximate surface area is 116 Å². The highest BCUT2D eigenvalue weighted by molar-refractivity contribution is 7.99. The van der Waals surface area contributed by atoms with Gasteiger partial charge in [-0.2, -0.15) is 11.8 Å². The van der Waals surface area contributed by atoms with Gasteiger partial charge in [0.05, 0.1) is 7.11 Å². The van der Waals surface area contributed by atoms with E-state index in [9.17, 15) is 0 Å². The van der Waals surface area contributed by atoms with Gasteiger partial charge in [-0.15, -0.1) is 0 Å². The number of aryl methyl sites for hydroxylation is 1. The Morgan fingerprint density at radius 1 is 1.33 bits per heavy atom. The van der Waals surface area contributed by atoms with Gasteiger partial charge in [0.2, 0.25) is 0 Å². The van der Waals surface area contributed by atoms with Crippen molar-refractivity contribution in [2.75, 3.05) is 25.7 Å². The van der Waals surface area contributed by atoms with E-state index in [1.54, 1.807) is 7.11 Å². The van der Waals surface area contributed by atoms with Crippen LogP contribution in [0.5, 0.6) is 5.75 Å². The number of thioether (sulfide) groups is 1. The summed E-state index contributed by atoms with van der Waals surface area (Å²) in [7, 11) is 3.78. The van der Waals surface area contributed by atoms with Crippen molar-refractivity contribution >= 4 is 11.8 Å². The summed E-state index contributed by atoms with van der Waals surface area (Å²) in [4.78, 5) is 0. The number of hydrogen-bond acceptors (Lipinski definition) is 3. The SMILES string of the molecule is CCCSCC(NC)c1ccc(C)c(C)c1OC. The molecule has 18 heavy (non-hydrogen) atoms. The van der Waals surface area contributed by atoms with Crippen LogP contribution in [0.4, 0.5) is 0 Å². The van der Waals surface area contributed by atoms with Gasteiger partial charge < -0.3 is 10.1 Å². The largest absolute Gasteiger partial charge is 0.496 e. The van der Waals surface area contributed by atoms with Gasteiger partial charge >= 0.3 is 0 Å². The first-order valence-corrected chi connectivity index (χ1v) is 7.70. The maximum absolute atomic E-state index is 5.60. The Kier molecular flexibility index (Phi) is 6.58. The first-order chi connectivity index (χ1) is 8.65. The van der Waals surface area contributed by atoms with Gasteiger partial charge in [0.25, 0.3) is 0 Å². The Morgan fingerprint density at radius 3 is 2.61 bits per heavy atom. The van der Waals surface area contributed by atoms with Crippen molar-refractivity contribution in [3.05, 3.63) is 28.8 Å². The van der Waals surface area contributed by atoms with Crippen LogP contribution < -0.4 is 10.1 Å². The van der Waals surface area contributed by atoms with E-state index >= 15 is 0 Å². The van der Waals surface area contributed by atoms with E-state index < -0.39 is 0 Å². The van der Waals surface area contributed by atoms with Crippen molar-refractivity contribution < 1.29 is 4.74 Å². The maximum atomic E-state index is 5.60. The molecule has 0 fully saturated rings. The minimum absolute atomic E-state index is 0.357. The molecule has 3 heteroatoms. The number of ether oxygens (including phenoxy) is 1. The average Bonchev–Trinajstić information content (AvgIpc) is 2.38. The second-order valence-electron chi connectivity index (χ2n) is 4.55. The molecular weight excluding hydrogens is 242 g/mol. The predicted octanol–water partition coefficient (Wildman–Crippen LogP) is 3.72. The average molecular weight is 267 g/mol. The Bertz CT molecular complexity index is 379. The molecular formula is C15H25NOS. The lowest BCUT2D eigenvalue weighted by Crippen LogP contribution is -2.20. The minimum Gasteiger partial charge on any atom is -0.496 e. The van der Waals surface area contributed by atoms with Gasteiger partial charge in [-0.25, -0.2) is 0 Å². The van der Waals surface area contributed by atoms with E-state index in [0.717, 1.165) is 11.5 Å². The minimum atomic E-state index is 0.357. The highest BCUT2D eigenvalue weighted by Crippen LogP contribution is 2.32. The first-order valence-electron chi connectivity index (χ1n) is 6.54. The van der Waals surface area contributed by atoms with Gasteiger partial charge in [-0.1, -0.05) is 19.1 Å². The molecule has 0 aliphatic carbocycles. The molecule has 1 N–H and O–H groups in total. The second kappa shape index (κ2) is 7.70. The summed E-state index contributed by atoms with van der Waals surface area (Å²) in [6, 6.07) is 4.73. The van der Waals surface area contributed by atoms with E-state index in [4.69, 9.17) is 4.74 Å². The molecule has 1 aromatic carbocycles. The lowest BCUT2D eigenvalue weighted by molar-refractivity contribution is 0.400. The van der Waals surface area contributed by atoms with Crippen molar-refractivity contribution in [3.63, 3.8) is 0 Å². The van der Waals surface area contributed by atoms with Crippen molar-refractivity contribution in [2.24, 2.45) is 0 Å². The first kappa shape index (κ1) is 15.4. The third kappa shape index (κ3) is 3.66. The fourth-order valence-electron chi connectivity index (χ4n) is 2.03. The number of rotatable bonds is 7. The quantitative estimate of drug-likeness (QED) is 0.761. The van der Waals surface area contributed by atoms with Crippen LogP contribution in [0.2, 0.25) is 0 Å².